The van der Waals surface area contributed by atoms with E-state index in [9.17, 15) is 14.9 Å². The summed E-state index contributed by atoms with van der Waals surface area (Å²) in [4.78, 5) is 26.4. The molecule has 1 rings (SSSR count). The van der Waals surface area contributed by atoms with E-state index in [1.807, 2.05) is 6.92 Å². The van der Waals surface area contributed by atoms with E-state index in [4.69, 9.17) is 5.21 Å². The summed E-state index contributed by atoms with van der Waals surface area (Å²) in [5, 5.41) is 25.5. The average molecular weight is 320 g/mol. The van der Waals surface area contributed by atoms with Crippen LogP contribution in [-0.2, 0) is 0 Å². The maximum atomic E-state index is 12.0. The number of rotatable bonds is 7. The number of aromatic nitrogens is 1. The highest BCUT2D eigenvalue weighted by Gasteiger charge is 2.18. The highest BCUT2D eigenvalue weighted by molar-refractivity contribution is 6.01. The molecule has 8 heteroatoms. The highest BCUT2D eigenvalue weighted by atomic mass is 16.6. The van der Waals surface area contributed by atoms with Crippen molar-refractivity contribution in [2.75, 3.05) is 6.54 Å². The Kier molecular flexibility index (Phi) is 6.85. The number of nitrogens with zero attached hydrogens (tertiary/aromatic N) is 3. The molecule has 0 radical (unpaired) electrons. The Labute approximate surface area is 134 Å². The van der Waals surface area contributed by atoms with Crippen LogP contribution >= 0.6 is 0 Å². The van der Waals surface area contributed by atoms with Crippen molar-refractivity contribution in [3.05, 3.63) is 51.4 Å². The van der Waals surface area contributed by atoms with Gasteiger partial charge in [0.15, 0.2) is 0 Å². The van der Waals surface area contributed by atoms with Crippen molar-refractivity contribution in [3.63, 3.8) is 0 Å². The highest BCUT2D eigenvalue weighted by Crippen LogP contribution is 2.10. The number of nitro groups is 1. The number of nitrogens with one attached hydrogen (secondary N) is 1. The quantitative estimate of drug-likeness (QED) is 0.344. The van der Waals surface area contributed by atoms with Crippen LogP contribution in [0.15, 0.2) is 35.1 Å². The fourth-order valence-electron chi connectivity index (χ4n) is 1.86. The fraction of sp³-hybridized carbons (Fsp3) is 0.400. The van der Waals surface area contributed by atoms with Crippen molar-refractivity contribution in [3.8, 4) is 0 Å². The van der Waals surface area contributed by atoms with E-state index in [2.05, 4.69) is 15.5 Å². The van der Waals surface area contributed by atoms with Crippen LogP contribution in [0.3, 0.4) is 0 Å². The number of aryl methyl sites for hydroxylation is 1. The molecule has 0 aromatic carbocycles. The zero-order valence-electron chi connectivity index (χ0n) is 13.3. The Bertz CT molecular complexity index is 623. The lowest BCUT2D eigenvalue weighted by atomic mass is 10.0. The molecule has 124 valence electrons. The van der Waals surface area contributed by atoms with Gasteiger partial charge in [0, 0.05) is 29.3 Å². The molecule has 1 aromatic rings. The van der Waals surface area contributed by atoms with Crippen LogP contribution in [0, 0.1) is 17.0 Å². The van der Waals surface area contributed by atoms with Crippen molar-refractivity contribution >= 4 is 11.6 Å². The summed E-state index contributed by atoms with van der Waals surface area (Å²) in [5.74, 6) is -0.368. The van der Waals surface area contributed by atoms with Gasteiger partial charge >= 0.3 is 0 Å². The lowest BCUT2D eigenvalue weighted by molar-refractivity contribution is -0.507. The summed E-state index contributed by atoms with van der Waals surface area (Å²) in [7, 11) is 0. The van der Waals surface area contributed by atoms with Crippen LogP contribution in [0.5, 0.6) is 0 Å². The molecule has 0 spiro atoms. The summed E-state index contributed by atoms with van der Waals surface area (Å²) in [5.41, 5.74) is 1.83. The lowest BCUT2D eigenvalue weighted by Crippen LogP contribution is -2.29. The van der Waals surface area contributed by atoms with Gasteiger partial charge in [0.05, 0.1) is 17.8 Å². The Balaban J connectivity index is 2.75. The minimum absolute atomic E-state index is 0.0445. The minimum Gasteiger partial charge on any atom is -0.411 e. The Morgan fingerprint density at radius 2 is 2.26 bits per heavy atom. The van der Waals surface area contributed by atoms with Gasteiger partial charge in [-0.05, 0) is 31.6 Å². The smallest absolute Gasteiger partial charge is 0.253 e. The van der Waals surface area contributed by atoms with Crippen molar-refractivity contribution in [1.29, 1.82) is 0 Å². The molecule has 0 saturated carbocycles. The third-order valence-corrected chi connectivity index (χ3v) is 3.35. The number of amides is 1. The van der Waals surface area contributed by atoms with Gasteiger partial charge in [-0.15, -0.1) is 0 Å². The van der Waals surface area contributed by atoms with Crippen molar-refractivity contribution < 1.29 is 14.9 Å². The standard InChI is InChI=1S/C15H20N4O4/c1-4-12(11(3)19(22)23)7-14(18-21)9-17-15(20)13-6-5-10(2)16-8-13/h5-8,11,21H,4,9H2,1-3H3,(H,17,20)/b12-7+,18-14+. The average Bonchev–Trinajstić information content (AvgIpc) is 2.54. The zero-order valence-corrected chi connectivity index (χ0v) is 13.3. The molecule has 0 aliphatic rings. The van der Waals surface area contributed by atoms with Gasteiger partial charge in [-0.2, -0.15) is 0 Å². The third-order valence-electron chi connectivity index (χ3n) is 3.35. The summed E-state index contributed by atoms with van der Waals surface area (Å²) in [6.07, 6.45) is 3.32. The van der Waals surface area contributed by atoms with Gasteiger partial charge in [-0.3, -0.25) is 19.9 Å². The molecule has 1 unspecified atom stereocenters. The largest absolute Gasteiger partial charge is 0.411 e. The molecule has 1 heterocycles. The molecule has 0 saturated heterocycles. The lowest BCUT2D eigenvalue weighted by Gasteiger charge is -2.09. The van der Waals surface area contributed by atoms with Crippen LogP contribution in [0.2, 0.25) is 0 Å². The van der Waals surface area contributed by atoms with Crippen molar-refractivity contribution in [2.24, 2.45) is 5.16 Å². The van der Waals surface area contributed by atoms with E-state index in [0.717, 1.165) is 5.69 Å². The van der Waals surface area contributed by atoms with Gasteiger partial charge in [0.1, 0.15) is 0 Å². The van der Waals surface area contributed by atoms with Gasteiger partial charge in [0.25, 0.3) is 5.91 Å². The summed E-state index contributed by atoms with van der Waals surface area (Å²) >= 11 is 0. The van der Waals surface area contributed by atoms with Crippen LogP contribution in [0.1, 0.15) is 36.3 Å². The summed E-state index contributed by atoms with van der Waals surface area (Å²) in [6.45, 7) is 5.00. The molecule has 1 amide bonds. The van der Waals surface area contributed by atoms with Crippen LogP contribution in [-0.4, -0.2) is 39.3 Å². The topological polar surface area (TPSA) is 118 Å². The number of carbonyl (C=O) groups excluding carboxylic acids is 1. The number of pyridine rings is 1. The Morgan fingerprint density at radius 1 is 1.57 bits per heavy atom. The third kappa shape index (κ3) is 5.50. The summed E-state index contributed by atoms with van der Waals surface area (Å²) in [6, 6.07) is 2.47. The first-order valence-electron chi connectivity index (χ1n) is 7.14. The van der Waals surface area contributed by atoms with E-state index in [0.29, 0.717) is 17.6 Å². The second-order valence-corrected chi connectivity index (χ2v) is 5.00. The molecule has 8 nitrogen and oxygen atoms in total. The molecule has 1 atom stereocenters. The Hall–Kier alpha value is -2.77. The monoisotopic (exact) mass is 320 g/mol. The molecule has 0 fully saturated rings. The van der Waals surface area contributed by atoms with E-state index in [-0.39, 0.29) is 18.2 Å². The first kappa shape index (κ1) is 18.3. The second-order valence-electron chi connectivity index (χ2n) is 5.00. The van der Waals surface area contributed by atoms with Gasteiger partial charge < -0.3 is 10.5 Å². The first-order valence-corrected chi connectivity index (χ1v) is 7.14. The first-order chi connectivity index (χ1) is 10.9. The SMILES string of the molecule is CC/C(=C\C(CNC(=O)c1ccc(C)nc1)=N/O)C(C)[N+](=O)[O-]. The van der Waals surface area contributed by atoms with Crippen LogP contribution < -0.4 is 5.32 Å². The molecule has 0 bridgehead atoms. The maximum absolute atomic E-state index is 12.0. The molecule has 0 aliphatic heterocycles. The van der Waals surface area contributed by atoms with E-state index < -0.39 is 11.0 Å². The van der Waals surface area contributed by atoms with Gasteiger partial charge in [-0.25, -0.2) is 0 Å². The minimum atomic E-state index is -0.881. The predicted octanol–water partition coefficient (Wildman–Crippen LogP) is 1.95. The second kappa shape index (κ2) is 8.62. The van der Waals surface area contributed by atoms with E-state index in [1.165, 1.54) is 19.2 Å². The zero-order chi connectivity index (χ0) is 17.4. The van der Waals surface area contributed by atoms with Gasteiger partial charge in [0.2, 0.25) is 6.04 Å². The van der Waals surface area contributed by atoms with Crippen molar-refractivity contribution in [1.82, 2.24) is 10.3 Å². The predicted molar refractivity (Wildman–Crippen MR) is 85.4 cm³/mol. The Morgan fingerprint density at radius 3 is 2.74 bits per heavy atom. The van der Waals surface area contributed by atoms with Crippen LogP contribution in [0.4, 0.5) is 0 Å². The van der Waals surface area contributed by atoms with Gasteiger partial charge in [-0.1, -0.05) is 12.1 Å². The number of carbonyl (C=O) groups is 1. The number of hydrogen-bond donors (Lipinski definition) is 2. The number of hydrogen-bond acceptors (Lipinski definition) is 6. The molecule has 1 aromatic heterocycles. The molecule has 2 N–H and O–H groups in total. The molecule has 23 heavy (non-hydrogen) atoms. The van der Waals surface area contributed by atoms with E-state index >= 15 is 0 Å². The summed E-state index contributed by atoms with van der Waals surface area (Å²) < 4.78 is 0. The van der Waals surface area contributed by atoms with Crippen LogP contribution in [0.25, 0.3) is 0 Å². The number of oxime groups is 1. The molecular formula is C15H20N4O4. The van der Waals surface area contributed by atoms with E-state index in [1.54, 1.807) is 19.1 Å². The molecule has 0 aliphatic carbocycles. The maximum Gasteiger partial charge on any atom is 0.253 e. The fourth-order valence-corrected chi connectivity index (χ4v) is 1.86. The normalized spacial score (nSPS) is 13.5. The molecular weight excluding hydrogens is 300 g/mol. The van der Waals surface area contributed by atoms with Crippen molar-refractivity contribution in [2.45, 2.75) is 33.2 Å².